The summed E-state index contributed by atoms with van der Waals surface area (Å²) >= 11 is 3.49. The molecule has 0 fully saturated rings. The Bertz CT molecular complexity index is 927. The van der Waals surface area contributed by atoms with Crippen LogP contribution in [0, 0.1) is 0 Å². The van der Waals surface area contributed by atoms with Crippen molar-refractivity contribution in [2.75, 3.05) is 25.1 Å². The molecule has 0 aliphatic carbocycles. The third-order valence-corrected chi connectivity index (χ3v) is 11.5. The van der Waals surface area contributed by atoms with Gasteiger partial charge in [0.05, 0.1) is 6.54 Å². The van der Waals surface area contributed by atoms with Gasteiger partial charge in [-0.3, -0.25) is 9.69 Å². The van der Waals surface area contributed by atoms with Crippen LogP contribution in [0.2, 0.25) is 18.1 Å². The average Bonchev–Trinajstić information content (AvgIpc) is 3.02. The van der Waals surface area contributed by atoms with Crippen LogP contribution in [0.1, 0.15) is 43.2 Å². The summed E-state index contributed by atoms with van der Waals surface area (Å²) in [6, 6.07) is 9.93. The Morgan fingerprint density at radius 1 is 1.23 bits per heavy atom. The molecule has 1 aliphatic rings. The zero-order valence-electron chi connectivity index (χ0n) is 19.2. The van der Waals surface area contributed by atoms with E-state index in [4.69, 9.17) is 4.43 Å². The van der Waals surface area contributed by atoms with E-state index in [1.54, 1.807) is 11.9 Å². The van der Waals surface area contributed by atoms with E-state index in [1.807, 2.05) is 34.9 Å². The zero-order valence-corrected chi connectivity index (χ0v) is 21.8. The van der Waals surface area contributed by atoms with Crippen molar-refractivity contribution >= 4 is 36.0 Å². The third kappa shape index (κ3) is 4.89. The minimum Gasteiger partial charge on any atom is -0.417 e. The van der Waals surface area contributed by atoms with E-state index in [0.717, 1.165) is 5.56 Å². The number of fused-ring (bicyclic) bond motifs is 1. The van der Waals surface area contributed by atoms with Gasteiger partial charge in [-0.25, -0.2) is 4.98 Å². The molecule has 1 aliphatic heterocycles. The number of imidazole rings is 1. The summed E-state index contributed by atoms with van der Waals surface area (Å²) in [7, 11) is -0.0910. The van der Waals surface area contributed by atoms with Gasteiger partial charge in [-0.15, -0.1) is 0 Å². The summed E-state index contributed by atoms with van der Waals surface area (Å²) in [6.45, 7) is 12.5. The second kappa shape index (κ2) is 9.05. The molecule has 1 N–H and O–H groups in total. The molecule has 31 heavy (non-hydrogen) atoms. The number of amides is 1. The van der Waals surface area contributed by atoms with Gasteiger partial charge in [-0.2, -0.15) is 0 Å². The molecule has 0 bridgehead atoms. The Morgan fingerprint density at radius 3 is 2.48 bits per heavy atom. The van der Waals surface area contributed by atoms with E-state index in [1.165, 1.54) is 4.90 Å². The molecule has 9 heteroatoms. The number of aliphatic hydroxyl groups is 1. The Labute approximate surface area is 194 Å². The van der Waals surface area contributed by atoms with Gasteiger partial charge in [-0.05, 0) is 46.0 Å². The Hall–Kier alpha value is -1.68. The van der Waals surface area contributed by atoms with Crippen LogP contribution in [0.3, 0.4) is 0 Å². The predicted octanol–water partition coefficient (Wildman–Crippen LogP) is 4.27. The largest absolute Gasteiger partial charge is 0.417 e. The molecule has 1 unspecified atom stereocenters. The maximum absolute atomic E-state index is 13.4. The van der Waals surface area contributed by atoms with E-state index < -0.39 is 14.7 Å². The molecule has 0 radical (unpaired) electrons. The fraction of sp³-hybridized carbons (Fsp3) is 0.545. The number of hydrogen-bond donors (Lipinski definition) is 1. The van der Waals surface area contributed by atoms with Crippen LogP contribution >= 0.6 is 15.9 Å². The van der Waals surface area contributed by atoms with E-state index in [9.17, 15) is 9.90 Å². The summed E-state index contributed by atoms with van der Waals surface area (Å²) in [5.74, 6) is 0.260. The number of halogens is 1. The predicted molar refractivity (Wildman–Crippen MR) is 129 cm³/mol. The minimum absolute atomic E-state index is 0.138. The highest BCUT2D eigenvalue weighted by atomic mass is 79.9. The van der Waals surface area contributed by atoms with Crippen molar-refractivity contribution < 1.29 is 14.3 Å². The third-order valence-electron chi connectivity index (χ3n) is 6.32. The van der Waals surface area contributed by atoms with Crippen molar-refractivity contribution in [2.24, 2.45) is 0 Å². The fourth-order valence-electron chi connectivity index (χ4n) is 3.34. The molecular weight excluding hydrogens is 476 g/mol. The summed E-state index contributed by atoms with van der Waals surface area (Å²) in [6.07, 6.45) is -0.396. The lowest BCUT2D eigenvalue weighted by Crippen LogP contribution is -2.54. The molecule has 1 aromatic heterocycles. The molecule has 0 saturated heterocycles. The Kier molecular flexibility index (Phi) is 7.00. The highest BCUT2D eigenvalue weighted by molar-refractivity contribution is 9.10. The number of carbonyl (C=O) groups is 1. The number of aromatic nitrogens is 2. The summed E-state index contributed by atoms with van der Waals surface area (Å²) in [5, 5.41) is 10.9. The van der Waals surface area contributed by atoms with Crippen LogP contribution in [0.15, 0.2) is 35.1 Å². The van der Waals surface area contributed by atoms with Crippen LogP contribution in [-0.4, -0.2) is 60.3 Å². The molecule has 2 heterocycles. The van der Waals surface area contributed by atoms with E-state index in [-0.39, 0.29) is 10.9 Å². The molecule has 1 aromatic carbocycles. The Balaban J connectivity index is 1.76. The number of rotatable bonds is 7. The van der Waals surface area contributed by atoms with Gasteiger partial charge in [0.1, 0.15) is 0 Å². The first kappa shape index (κ1) is 24.0. The molecular formula is C22H33BrN4O3Si. The second-order valence-corrected chi connectivity index (χ2v) is 15.1. The van der Waals surface area contributed by atoms with Crippen molar-refractivity contribution in [2.45, 2.75) is 58.2 Å². The van der Waals surface area contributed by atoms with E-state index >= 15 is 0 Å². The molecule has 3 rings (SSSR count). The smallest absolute Gasteiger partial charge is 0.277 e. The average molecular weight is 510 g/mol. The SMILES string of the molecule is CN1c2nc(Br)n(Cc3ccccc3)c2C(=O)N(CCCO[Si](C)(C)C(C)(C)C)C1O. The van der Waals surface area contributed by atoms with Gasteiger partial charge in [0.25, 0.3) is 5.91 Å². The molecule has 7 nitrogen and oxygen atoms in total. The molecule has 170 valence electrons. The molecule has 1 atom stereocenters. The van der Waals surface area contributed by atoms with Crippen LogP contribution in [0.25, 0.3) is 0 Å². The number of carbonyl (C=O) groups excluding carboxylic acids is 1. The number of nitrogens with zero attached hydrogens (tertiary/aromatic N) is 4. The van der Waals surface area contributed by atoms with Crippen molar-refractivity contribution in [3.05, 3.63) is 46.3 Å². The van der Waals surface area contributed by atoms with Gasteiger partial charge in [0.15, 0.2) is 24.6 Å². The maximum atomic E-state index is 13.4. The van der Waals surface area contributed by atoms with Crippen molar-refractivity contribution in [3.8, 4) is 0 Å². The quantitative estimate of drug-likeness (QED) is 0.446. The number of hydrogen-bond acceptors (Lipinski definition) is 5. The first-order chi connectivity index (χ1) is 14.4. The van der Waals surface area contributed by atoms with Crippen LogP contribution in [0.5, 0.6) is 0 Å². The van der Waals surface area contributed by atoms with Crippen LogP contribution in [-0.2, 0) is 11.0 Å². The standard InChI is InChI=1S/C22H33BrN4O3Si/c1-22(2,3)31(5,6)30-14-10-13-26-19(28)17-18(25(4)21(26)29)24-20(23)27(17)15-16-11-8-7-9-12-16/h7-9,11-12,21,29H,10,13-15H2,1-6H3. The molecule has 0 spiro atoms. The lowest BCUT2D eigenvalue weighted by atomic mass is 10.2. The van der Waals surface area contributed by atoms with E-state index in [0.29, 0.717) is 42.4 Å². The summed E-state index contributed by atoms with van der Waals surface area (Å²) in [5.41, 5.74) is 1.55. The zero-order chi connectivity index (χ0) is 23.0. The fourth-order valence-corrected chi connectivity index (χ4v) is 4.89. The summed E-state index contributed by atoms with van der Waals surface area (Å²) in [4.78, 5) is 21.0. The first-order valence-corrected chi connectivity index (χ1v) is 14.3. The van der Waals surface area contributed by atoms with Crippen molar-refractivity contribution in [1.29, 1.82) is 0 Å². The number of benzene rings is 1. The molecule has 0 saturated carbocycles. The first-order valence-electron chi connectivity index (χ1n) is 10.6. The number of aliphatic hydroxyl groups excluding tert-OH is 1. The van der Waals surface area contributed by atoms with Crippen molar-refractivity contribution in [3.63, 3.8) is 0 Å². The lowest BCUT2D eigenvalue weighted by Gasteiger charge is -2.39. The highest BCUT2D eigenvalue weighted by Crippen LogP contribution is 2.37. The highest BCUT2D eigenvalue weighted by Gasteiger charge is 2.40. The normalized spacial score (nSPS) is 17.3. The lowest BCUT2D eigenvalue weighted by molar-refractivity contribution is 0.00129. The Morgan fingerprint density at radius 2 is 1.87 bits per heavy atom. The molecule has 1 amide bonds. The monoisotopic (exact) mass is 508 g/mol. The summed E-state index contributed by atoms with van der Waals surface area (Å²) < 4.78 is 8.66. The second-order valence-electron chi connectivity index (χ2n) is 9.54. The van der Waals surface area contributed by atoms with E-state index in [2.05, 4.69) is 54.8 Å². The van der Waals surface area contributed by atoms with Gasteiger partial charge in [0.2, 0.25) is 6.35 Å². The van der Waals surface area contributed by atoms with Gasteiger partial charge in [0, 0.05) is 20.2 Å². The molecule has 2 aromatic rings. The van der Waals surface area contributed by atoms with Gasteiger partial charge in [-0.1, -0.05) is 51.1 Å². The topological polar surface area (TPSA) is 70.8 Å². The van der Waals surface area contributed by atoms with Crippen molar-refractivity contribution in [1.82, 2.24) is 14.5 Å². The number of anilines is 1. The minimum atomic E-state index is -1.84. The van der Waals surface area contributed by atoms with Gasteiger partial charge >= 0.3 is 0 Å². The maximum Gasteiger partial charge on any atom is 0.277 e. The van der Waals surface area contributed by atoms with Crippen LogP contribution < -0.4 is 4.90 Å². The van der Waals surface area contributed by atoms with Crippen LogP contribution in [0.4, 0.5) is 5.82 Å². The van der Waals surface area contributed by atoms with Gasteiger partial charge < -0.3 is 19.0 Å².